The highest BCUT2D eigenvalue weighted by Gasteiger charge is 2.13. The molecule has 1 aromatic carbocycles. The number of aryl methyl sites for hydroxylation is 1. The number of furan rings is 1. The van der Waals surface area contributed by atoms with Crippen molar-refractivity contribution < 1.29 is 24.0 Å². The van der Waals surface area contributed by atoms with Crippen LogP contribution in [0.5, 0.6) is 11.7 Å². The number of carboxylic acids is 1. The van der Waals surface area contributed by atoms with Gasteiger partial charge >= 0.3 is 5.97 Å². The molecule has 1 aromatic heterocycles. The van der Waals surface area contributed by atoms with Gasteiger partial charge in [-0.05, 0) is 25.1 Å². The molecule has 0 saturated heterocycles. The molecule has 0 amide bonds. The van der Waals surface area contributed by atoms with Gasteiger partial charge in [-0.25, -0.2) is 4.79 Å². The van der Waals surface area contributed by atoms with Crippen molar-refractivity contribution in [2.45, 2.75) is 6.92 Å². The summed E-state index contributed by atoms with van der Waals surface area (Å²) in [6.07, 6.45) is 0. The molecular formula is C12H9NO6. The fourth-order valence-corrected chi connectivity index (χ4v) is 1.50. The van der Waals surface area contributed by atoms with Crippen molar-refractivity contribution in [3.63, 3.8) is 0 Å². The van der Waals surface area contributed by atoms with Crippen LogP contribution >= 0.6 is 0 Å². The third-order valence-corrected chi connectivity index (χ3v) is 2.38. The summed E-state index contributed by atoms with van der Waals surface area (Å²) in [5.74, 6) is -1.11. The molecule has 0 unspecified atom stereocenters. The molecule has 1 N–H and O–H groups in total. The quantitative estimate of drug-likeness (QED) is 0.671. The molecule has 2 aromatic rings. The number of carboxylic acid groups (broad SMARTS) is 1. The zero-order valence-corrected chi connectivity index (χ0v) is 9.82. The van der Waals surface area contributed by atoms with Crippen LogP contribution in [0.3, 0.4) is 0 Å². The van der Waals surface area contributed by atoms with Gasteiger partial charge in [0, 0.05) is 17.7 Å². The molecule has 7 nitrogen and oxygen atoms in total. The molecule has 98 valence electrons. The Labute approximate surface area is 107 Å². The van der Waals surface area contributed by atoms with Crippen LogP contribution in [0, 0.1) is 17.0 Å². The molecule has 0 aliphatic heterocycles. The summed E-state index contributed by atoms with van der Waals surface area (Å²) >= 11 is 0. The molecule has 0 fully saturated rings. The molecule has 1 heterocycles. The SMILES string of the molecule is Cc1cc(Oc2ccc(C(=O)O)o2)ccc1[N+](=O)[O-]. The van der Waals surface area contributed by atoms with Gasteiger partial charge < -0.3 is 14.3 Å². The maximum Gasteiger partial charge on any atom is 0.371 e. The maximum absolute atomic E-state index is 10.7. The summed E-state index contributed by atoms with van der Waals surface area (Å²) in [5.41, 5.74) is 0.422. The number of nitro benzene ring substituents is 1. The second-order valence-electron chi connectivity index (χ2n) is 3.73. The molecule has 0 bridgehead atoms. The van der Waals surface area contributed by atoms with E-state index in [0.29, 0.717) is 11.3 Å². The lowest BCUT2D eigenvalue weighted by Crippen LogP contribution is -1.93. The molecule has 0 atom stereocenters. The van der Waals surface area contributed by atoms with Gasteiger partial charge in [0.15, 0.2) is 0 Å². The van der Waals surface area contributed by atoms with Crippen molar-refractivity contribution in [2.75, 3.05) is 0 Å². The Bertz CT molecular complexity index is 645. The van der Waals surface area contributed by atoms with Crippen LogP contribution in [0.2, 0.25) is 0 Å². The Hall–Kier alpha value is -2.83. The first kappa shape index (κ1) is 12.6. The van der Waals surface area contributed by atoms with Crippen LogP contribution < -0.4 is 4.74 Å². The molecule has 19 heavy (non-hydrogen) atoms. The minimum atomic E-state index is -1.20. The lowest BCUT2D eigenvalue weighted by Gasteiger charge is -2.03. The third-order valence-electron chi connectivity index (χ3n) is 2.38. The number of aromatic carboxylic acids is 1. The van der Waals surface area contributed by atoms with E-state index in [1.54, 1.807) is 6.92 Å². The summed E-state index contributed by atoms with van der Waals surface area (Å²) < 4.78 is 10.2. The molecule has 0 spiro atoms. The predicted octanol–water partition coefficient (Wildman–Crippen LogP) is 2.99. The highest BCUT2D eigenvalue weighted by Crippen LogP contribution is 2.28. The summed E-state index contributed by atoms with van der Waals surface area (Å²) in [5, 5.41) is 19.3. The number of benzene rings is 1. The number of nitrogens with zero attached hydrogens (tertiary/aromatic N) is 1. The average molecular weight is 263 g/mol. The van der Waals surface area contributed by atoms with Crippen LogP contribution in [0.4, 0.5) is 5.69 Å². The van der Waals surface area contributed by atoms with E-state index < -0.39 is 10.9 Å². The van der Waals surface area contributed by atoms with Gasteiger partial charge in [-0.2, -0.15) is 0 Å². The molecule has 0 saturated carbocycles. The van der Waals surface area contributed by atoms with E-state index in [1.807, 2.05) is 0 Å². The zero-order chi connectivity index (χ0) is 14.0. The van der Waals surface area contributed by atoms with Crippen LogP contribution in [0.25, 0.3) is 0 Å². The monoisotopic (exact) mass is 263 g/mol. The predicted molar refractivity (Wildman–Crippen MR) is 63.6 cm³/mol. The van der Waals surface area contributed by atoms with Crippen molar-refractivity contribution in [1.82, 2.24) is 0 Å². The highest BCUT2D eigenvalue weighted by molar-refractivity contribution is 5.84. The van der Waals surface area contributed by atoms with Crippen molar-refractivity contribution >= 4 is 11.7 Å². The Morgan fingerprint density at radius 3 is 2.63 bits per heavy atom. The van der Waals surface area contributed by atoms with Crippen LogP contribution in [-0.2, 0) is 0 Å². The van der Waals surface area contributed by atoms with Gasteiger partial charge in [-0.1, -0.05) is 0 Å². The van der Waals surface area contributed by atoms with E-state index >= 15 is 0 Å². The topological polar surface area (TPSA) is 103 Å². The first-order valence-electron chi connectivity index (χ1n) is 5.23. The number of rotatable bonds is 4. The Morgan fingerprint density at radius 2 is 2.11 bits per heavy atom. The van der Waals surface area contributed by atoms with E-state index in [2.05, 4.69) is 0 Å². The number of carbonyl (C=O) groups is 1. The molecule has 7 heteroatoms. The normalized spacial score (nSPS) is 10.2. The number of ether oxygens (including phenoxy) is 1. The maximum atomic E-state index is 10.7. The molecule has 0 radical (unpaired) electrons. The van der Waals surface area contributed by atoms with Crippen LogP contribution in [-0.4, -0.2) is 16.0 Å². The fraction of sp³-hybridized carbons (Fsp3) is 0.0833. The van der Waals surface area contributed by atoms with Crippen molar-refractivity contribution in [2.24, 2.45) is 0 Å². The Morgan fingerprint density at radius 1 is 1.37 bits per heavy atom. The van der Waals surface area contributed by atoms with E-state index in [1.165, 1.54) is 30.3 Å². The van der Waals surface area contributed by atoms with Crippen molar-refractivity contribution in [3.8, 4) is 11.7 Å². The summed E-state index contributed by atoms with van der Waals surface area (Å²) in [6.45, 7) is 1.58. The molecule has 0 aliphatic rings. The largest absolute Gasteiger partial charge is 0.475 e. The van der Waals surface area contributed by atoms with Gasteiger partial charge in [-0.3, -0.25) is 10.1 Å². The fourth-order valence-electron chi connectivity index (χ4n) is 1.50. The first-order valence-corrected chi connectivity index (χ1v) is 5.23. The number of hydrogen-bond donors (Lipinski definition) is 1. The molecular weight excluding hydrogens is 254 g/mol. The van der Waals surface area contributed by atoms with Gasteiger partial charge in [0.05, 0.1) is 4.92 Å². The number of nitro groups is 1. The van der Waals surface area contributed by atoms with Gasteiger partial charge in [-0.15, -0.1) is 0 Å². The molecule has 0 aliphatic carbocycles. The van der Waals surface area contributed by atoms with E-state index in [-0.39, 0.29) is 17.4 Å². The van der Waals surface area contributed by atoms with Crippen LogP contribution in [0.1, 0.15) is 16.1 Å². The van der Waals surface area contributed by atoms with E-state index in [4.69, 9.17) is 14.3 Å². The average Bonchev–Trinajstić information content (AvgIpc) is 2.77. The standard InChI is InChI=1S/C12H9NO6/c1-7-6-8(2-3-9(7)13(16)17)18-11-5-4-10(19-11)12(14)15/h2-6H,1H3,(H,14,15). The van der Waals surface area contributed by atoms with Gasteiger partial charge in [0.2, 0.25) is 5.76 Å². The van der Waals surface area contributed by atoms with Crippen LogP contribution in [0.15, 0.2) is 34.7 Å². The second-order valence-corrected chi connectivity index (χ2v) is 3.73. The lowest BCUT2D eigenvalue weighted by molar-refractivity contribution is -0.385. The van der Waals surface area contributed by atoms with E-state index in [0.717, 1.165) is 0 Å². The Kier molecular flexibility index (Phi) is 3.19. The van der Waals surface area contributed by atoms with Crippen molar-refractivity contribution in [3.05, 3.63) is 51.8 Å². The molecule has 2 rings (SSSR count). The lowest BCUT2D eigenvalue weighted by atomic mass is 10.2. The highest BCUT2D eigenvalue weighted by atomic mass is 16.6. The minimum Gasteiger partial charge on any atom is -0.475 e. The van der Waals surface area contributed by atoms with Gasteiger partial charge in [0.1, 0.15) is 5.75 Å². The number of hydrogen-bond acceptors (Lipinski definition) is 5. The smallest absolute Gasteiger partial charge is 0.371 e. The van der Waals surface area contributed by atoms with Crippen molar-refractivity contribution in [1.29, 1.82) is 0 Å². The van der Waals surface area contributed by atoms with E-state index in [9.17, 15) is 14.9 Å². The minimum absolute atomic E-state index is 0.00523. The Balaban J connectivity index is 2.21. The summed E-state index contributed by atoms with van der Waals surface area (Å²) in [4.78, 5) is 20.8. The first-order chi connectivity index (χ1) is 8.97. The second kappa shape index (κ2) is 4.81. The van der Waals surface area contributed by atoms with Gasteiger partial charge in [0.25, 0.3) is 11.6 Å². The summed E-state index contributed by atoms with van der Waals surface area (Å²) in [7, 11) is 0. The third kappa shape index (κ3) is 2.71. The summed E-state index contributed by atoms with van der Waals surface area (Å²) in [6, 6.07) is 6.82. The zero-order valence-electron chi connectivity index (χ0n) is 9.82.